The predicted octanol–water partition coefficient (Wildman–Crippen LogP) is 2.44. The summed E-state index contributed by atoms with van der Waals surface area (Å²) in [6.45, 7) is 0.847. The fraction of sp³-hybridized carbons (Fsp3) is 0.381. The molecule has 0 aromatic heterocycles. The van der Waals surface area contributed by atoms with Crippen molar-refractivity contribution in [2.75, 3.05) is 13.1 Å². The van der Waals surface area contributed by atoms with Gasteiger partial charge in [0.05, 0.1) is 18.6 Å². The van der Waals surface area contributed by atoms with Crippen LogP contribution in [0.5, 0.6) is 0 Å². The van der Waals surface area contributed by atoms with Crippen LogP contribution in [0, 0.1) is 11.6 Å². The highest BCUT2D eigenvalue weighted by molar-refractivity contribution is 5.79. The molecular formula is C21H22F2N2O2. The van der Waals surface area contributed by atoms with Gasteiger partial charge in [0.25, 0.3) is 0 Å². The first-order chi connectivity index (χ1) is 12.9. The van der Waals surface area contributed by atoms with E-state index in [0.717, 1.165) is 23.3 Å². The number of piperidine rings is 1. The number of carbonyl (C=O) groups is 1. The van der Waals surface area contributed by atoms with Crippen molar-refractivity contribution < 1.29 is 18.7 Å². The first kappa shape index (κ1) is 18.1. The lowest BCUT2D eigenvalue weighted by atomic mass is 9.72. The molecule has 2 atom stereocenters. The Morgan fingerprint density at radius 2 is 1.74 bits per heavy atom. The minimum atomic E-state index is -0.706. The van der Waals surface area contributed by atoms with Crippen LogP contribution in [0.2, 0.25) is 0 Å². The number of carbonyl (C=O) groups excluding carboxylic acids is 1. The van der Waals surface area contributed by atoms with Crippen molar-refractivity contribution in [3.8, 4) is 0 Å². The van der Waals surface area contributed by atoms with E-state index in [0.29, 0.717) is 25.9 Å². The molecule has 1 fully saturated rings. The van der Waals surface area contributed by atoms with E-state index < -0.39 is 29.2 Å². The summed E-state index contributed by atoms with van der Waals surface area (Å²) < 4.78 is 27.6. The second kappa shape index (κ2) is 6.69. The van der Waals surface area contributed by atoms with Crippen LogP contribution in [0.1, 0.15) is 35.6 Å². The van der Waals surface area contributed by atoms with E-state index in [1.165, 1.54) is 6.07 Å². The first-order valence-electron chi connectivity index (χ1n) is 9.18. The molecule has 1 aliphatic carbocycles. The lowest BCUT2D eigenvalue weighted by Gasteiger charge is -2.42. The Morgan fingerprint density at radius 1 is 1.11 bits per heavy atom. The number of nitrogens with zero attached hydrogens (tertiary/aromatic N) is 1. The van der Waals surface area contributed by atoms with Crippen LogP contribution in [0.25, 0.3) is 0 Å². The molecule has 1 saturated heterocycles. The SMILES string of the molecule is N[C@@H]1c2ccccc2C2(CCN(C(=O)Cc3c(F)cccc3F)CC2)[C@H]1O. The Labute approximate surface area is 156 Å². The van der Waals surface area contributed by atoms with Gasteiger partial charge in [0, 0.05) is 24.1 Å². The number of likely N-dealkylation sites (tertiary alicyclic amines) is 1. The van der Waals surface area contributed by atoms with Crippen LogP contribution in [0.15, 0.2) is 42.5 Å². The number of hydrogen-bond acceptors (Lipinski definition) is 3. The minimum Gasteiger partial charge on any atom is -0.390 e. The predicted molar refractivity (Wildman–Crippen MR) is 96.9 cm³/mol. The molecule has 6 heteroatoms. The minimum absolute atomic E-state index is 0.198. The number of amides is 1. The van der Waals surface area contributed by atoms with Gasteiger partial charge in [-0.05, 0) is 36.1 Å². The molecule has 2 aromatic rings. The molecule has 3 N–H and O–H groups in total. The van der Waals surface area contributed by atoms with Gasteiger partial charge in [-0.25, -0.2) is 8.78 Å². The fourth-order valence-corrected chi connectivity index (χ4v) is 4.60. The van der Waals surface area contributed by atoms with Crippen molar-refractivity contribution in [2.45, 2.75) is 36.8 Å². The molecule has 2 aliphatic rings. The van der Waals surface area contributed by atoms with E-state index in [1.54, 1.807) is 4.90 Å². The lowest BCUT2D eigenvalue weighted by Crippen LogP contribution is -2.50. The largest absolute Gasteiger partial charge is 0.390 e. The quantitative estimate of drug-likeness (QED) is 0.851. The molecule has 1 heterocycles. The summed E-state index contributed by atoms with van der Waals surface area (Å²) in [5.74, 6) is -1.72. The van der Waals surface area contributed by atoms with Gasteiger partial charge in [-0.1, -0.05) is 30.3 Å². The van der Waals surface area contributed by atoms with Crippen molar-refractivity contribution in [3.05, 3.63) is 70.8 Å². The number of benzene rings is 2. The zero-order chi connectivity index (χ0) is 19.2. The highest BCUT2D eigenvalue weighted by Crippen LogP contribution is 2.50. The molecule has 0 unspecified atom stereocenters. The number of aliphatic hydroxyl groups excluding tert-OH is 1. The van der Waals surface area contributed by atoms with Crippen molar-refractivity contribution >= 4 is 5.91 Å². The van der Waals surface area contributed by atoms with Crippen molar-refractivity contribution in [3.63, 3.8) is 0 Å². The monoisotopic (exact) mass is 372 g/mol. The van der Waals surface area contributed by atoms with Gasteiger partial charge in [-0.2, -0.15) is 0 Å². The van der Waals surface area contributed by atoms with Gasteiger partial charge in [0.2, 0.25) is 5.91 Å². The molecule has 1 spiro atoms. The van der Waals surface area contributed by atoms with Gasteiger partial charge >= 0.3 is 0 Å². The van der Waals surface area contributed by atoms with Gasteiger partial charge in [-0.15, -0.1) is 0 Å². The molecule has 1 aliphatic heterocycles. The molecular weight excluding hydrogens is 350 g/mol. The number of fused-ring (bicyclic) bond motifs is 2. The summed E-state index contributed by atoms with van der Waals surface area (Å²) >= 11 is 0. The maximum absolute atomic E-state index is 13.8. The normalized spacial score (nSPS) is 23.5. The summed E-state index contributed by atoms with van der Waals surface area (Å²) in [7, 11) is 0. The van der Waals surface area contributed by atoms with E-state index in [9.17, 15) is 18.7 Å². The molecule has 1 amide bonds. The van der Waals surface area contributed by atoms with E-state index >= 15 is 0 Å². The second-order valence-electron chi connectivity index (χ2n) is 7.47. The van der Waals surface area contributed by atoms with Gasteiger partial charge in [0.1, 0.15) is 11.6 Å². The molecule has 142 valence electrons. The van der Waals surface area contributed by atoms with Crippen LogP contribution < -0.4 is 5.73 Å². The smallest absolute Gasteiger partial charge is 0.227 e. The number of rotatable bonds is 2. The molecule has 4 nitrogen and oxygen atoms in total. The third kappa shape index (κ3) is 2.84. The van der Waals surface area contributed by atoms with Crippen LogP contribution in [0.4, 0.5) is 8.78 Å². The van der Waals surface area contributed by atoms with Crippen LogP contribution in [-0.2, 0) is 16.6 Å². The standard InChI is InChI=1S/C21H22F2N2O2/c22-16-6-3-7-17(23)14(16)12-18(26)25-10-8-21(9-11-25)15-5-2-1-4-13(15)19(24)20(21)27/h1-7,19-20,27H,8-12,24H2/t19-,20+/m1/s1. The number of aliphatic hydroxyl groups is 1. The summed E-state index contributed by atoms with van der Waals surface area (Å²) in [6.07, 6.45) is 0.148. The van der Waals surface area contributed by atoms with Crippen LogP contribution in [0.3, 0.4) is 0 Å². The Morgan fingerprint density at radius 3 is 2.41 bits per heavy atom. The Hall–Kier alpha value is -2.31. The van der Waals surface area contributed by atoms with E-state index in [2.05, 4.69) is 0 Å². The fourth-order valence-electron chi connectivity index (χ4n) is 4.60. The topological polar surface area (TPSA) is 66.6 Å². The Balaban J connectivity index is 1.50. The van der Waals surface area contributed by atoms with Gasteiger partial charge in [-0.3, -0.25) is 4.79 Å². The molecule has 0 bridgehead atoms. The Bertz CT molecular complexity index is 858. The van der Waals surface area contributed by atoms with Crippen molar-refractivity contribution in [1.82, 2.24) is 4.90 Å². The highest BCUT2D eigenvalue weighted by atomic mass is 19.1. The molecule has 2 aromatic carbocycles. The van der Waals surface area contributed by atoms with Crippen LogP contribution in [-0.4, -0.2) is 35.1 Å². The summed E-state index contributed by atoms with van der Waals surface area (Å²) in [4.78, 5) is 14.2. The zero-order valence-corrected chi connectivity index (χ0v) is 14.9. The van der Waals surface area contributed by atoms with E-state index in [-0.39, 0.29) is 17.9 Å². The van der Waals surface area contributed by atoms with Crippen molar-refractivity contribution in [1.29, 1.82) is 0 Å². The molecule has 0 radical (unpaired) electrons. The van der Waals surface area contributed by atoms with Gasteiger partial charge < -0.3 is 15.7 Å². The summed E-state index contributed by atoms with van der Waals surface area (Å²) in [6, 6.07) is 10.9. The Kier molecular flexibility index (Phi) is 4.48. The van der Waals surface area contributed by atoms with E-state index in [4.69, 9.17) is 5.73 Å². The maximum Gasteiger partial charge on any atom is 0.227 e. The number of nitrogens with two attached hydrogens (primary N) is 1. The third-order valence-corrected chi connectivity index (χ3v) is 6.16. The third-order valence-electron chi connectivity index (χ3n) is 6.16. The first-order valence-corrected chi connectivity index (χ1v) is 9.18. The second-order valence-corrected chi connectivity index (χ2v) is 7.47. The average Bonchev–Trinajstić information content (AvgIpc) is 2.88. The number of hydrogen-bond donors (Lipinski definition) is 2. The molecule has 0 saturated carbocycles. The highest BCUT2D eigenvalue weighted by Gasteiger charge is 2.51. The zero-order valence-electron chi connectivity index (χ0n) is 14.9. The number of halogens is 2. The maximum atomic E-state index is 13.8. The van der Waals surface area contributed by atoms with Gasteiger partial charge in [0.15, 0.2) is 0 Å². The summed E-state index contributed by atoms with van der Waals surface area (Å²) in [5, 5.41) is 10.8. The average molecular weight is 372 g/mol. The van der Waals surface area contributed by atoms with Crippen molar-refractivity contribution in [2.24, 2.45) is 5.73 Å². The molecule has 4 rings (SSSR count). The molecule has 27 heavy (non-hydrogen) atoms. The lowest BCUT2D eigenvalue weighted by molar-refractivity contribution is -0.133. The van der Waals surface area contributed by atoms with Crippen LogP contribution >= 0.6 is 0 Å². The van der Waals surface area contributed by atoms with E-state index in [1.807, 2.05) is 24.3 Å². The summed E-state index contributed by atoms with van der Waals surface area (Å²) in [5.41, 5.74) is 7.56.